The molecule has 2 heterocycles. The summed E-state index contributed by atoms with van der Waals surface area (Å²) in [5, 5.41) is 4.03. The van der Waals surface area contributed by atoms with E-state index in [1.807, 2.05) is 0 Å². The van der Waals surface area contributed by atoms with Crippen molar-refractivity contribution in [3.8, 4) is 11.5 Å². The van der Waals surface area contributed by atoms with E-state index in [1.165, 1.54) is 33.5 Å². The molecule has 1 saturated heterocycles. The lowest BCUT2D eigenvalue weighted by atomic mass is 9.86. The van der Waals surface area contributed by atoms with Crippen LogP contribution in [-0.4, -0.2) is 42.6 Å². The van der Waals surface area contributed by atoms with Crippen molar-refractivity contribution in [3.63, 3.8) is 0 Å². The van der Waals surface area contributed by atoms with Crippen molar-refractivity contribution < 1.29 is 18.7 Å². The Kier molecular flexibility index (Phi) is 6.60. The Morgan fingerprint density at radius 3 is 2.74 bits per heavy atom. The number of halogens is 1. The van der Waals surface area contributed by atoms with Gasteiger partial charge in [0.05, 0.1) is 14.2 Å². The number of methoxy groups -OCH3 is 2. The molecule has 2 saturated carbocycles. The average molecular weight is 471 g/mol. The molecule has 0 spiro atoms. The van der Waals surface area contributed by atoms with Crippen LogP contribution in [0.4, 0.5) is 10.2 Å². The second-order valence-corrected chi connectivity index (χ2v) is 10.2. The zero-order chi connectivity index (χ0) is 23.8. The molecule has 0 radical (unpaired) electrons. The third-order valence-corrected chi connectivity index (χ3v) is 8.41. The van der Waals surface area contributed by atoms with Crippen LogP contribution in [-0.2, 0) is 4.79 Å². The topological polar surface area (TPSA) is 99.4 Å². The van der Waals surface area contributed by atoms with Gasteiger partial charge in [-0.25, -0.2) is 14.4 Å². The summed E-state index contributed by atoms with van der Waals surface area (Å²) in [6, 6.07) is 1.97. The number of hydrogen-bond acceptors (Lipinski definition) is 7. The minimum atomic E-state index is -0.594. The van der Waals surface area contributed by atoms with Crippen LogP contribution in [0.2, 0.25) is 0 Å². The maximum atomic E-state index is 15.2. The molecule has 8 heteroatoms. The number of ketones is 1. The number of nitrogen functional groups attached to an aromatic ring is 1. The third kappa shape index (κ3) is 4.21. The Hall–Kier alpha value is -2.48. The van der Waals surface area contributed by atoms with E-state index in [2.05, 4.69) is 15.3 Å². The number of rotatable bonds is 6. The van der Waals surface area contributed by atoms with Crippen LogP contribution < -0.4 is 20.5 Å². The summed E-state index contributed by atoms with van der Waals surface area (Å²) in [5.41, 5.74) is 6.37. The molecule has 3 aliphatic rings. The molecule has 3 N–H and O–H groups in total. The lowest BCUT2D eigenvalue weighted by Gasteiger charge is -2.21. The van der Waals surface area contributed by atoms with E-state index in [-0.39, 0.29) is 34.7 Å². The average Bonchev–Trinajstić information content (AvgIpc) is 3.36. The fourth-order valence-electron chi connectivity index (χ4n) is 6.54. The summed E-state index contributed by atoms with van der Waals surface area (Å²) in [6.07, 6.45) is 8.86. The van der Waals surface area contributed by atoms with Crippen LogP contribution in [0.1, 0.15) is 69.5 Å². The minimum absolute atomic E-state index is 0.00982. The summed E-state index contributed by atoms with van der Waals surface area (Å²) in [5.74, 6) is 2.45. The second kappa shape index (κ2) is 9.64. The quantitative estimate of drug-likeness (QED) is 0.605. The number of nitrogens with one attached hydrogen (secondary N) is 1. The molecule has 2 aliphatic carbocycles. The summed E-state index contributed by atoms with van der Waals surface area (Å²) >= 11 is 0. The number of carbonyl (C=O) groups excluding carboxylic acids is 1. The first-order valence-corrected chi connectivity index (χ1v) is 12.6. The monoisotopic (exact) mass is 470 g/mol. The summed E-state index contributed by atoms with van der Waals surface area (Å²) in [6.45, 7) is 1.07. The number of aromatic nitrogens is 2. The van der Waals surface area contributed by atoms with Crippen LogP contribution in [0.3, 0.4) is 0 Å². The molecule has 34 heavy (non-hydrogen) atoms. The van der Waals surface area contributed by atoms with E-state index in [0.29, 0.717) is 35.4 Å². The smallest absolute Gasteiger partial charge is 0.199 e. The highest BCUT2D eigenvalue weighted by atomic mass is 19.1. The van der Waals surface area contributed by atoms with Crippen molar-refractivity contribution in [3.05, 3.63) is 17.7 Å². The van der Waals surface area contributed by atoms with Crippen LogP contribution in [0, 0.1) is 23.6 Å². The number of hydrogen-bond donors (Lipinski definition) is 2. The molecule has 5 atom stereocenters. The fourth-order valence-corrected chi connectivity index (χ4v) is 6.54. The van der Waals surface area contributed by atoms with Crippen molar-refractivity contribution in [1.82, 2.24) is 15.3 Å². The van der Waals surface area contributed by atoms with Crippen molar-refractivity contribution >= 4 is 22.5 Å². The lowest BCUT2D eigenvalue weighted by molar-refractivity contribution is -0.123. The van der Waals surface area contributed by atoms with Crippen LogP contribution in [0.15, 0.2) is 6.07 Å². The Morgan fingerprint density at radius 1 is 1.12 bits per heavy atom. The first-order valence-electron chi connectivity index (χ1n) is 12.6. The molecule has 184 valence electrons. The number of ether oxygens (including phenoxy) is 2. The summed E-state index contributed by atoms with van der Waals surface area (Å²) in [7, 11) is 2.85. The van der Waals surface area contributed by atoms with Crippen molar-refractivity contribution in [1.29, 1.82) is 0 Å². The molecule has 0 amide bonds. The van der Waals surface area contributed by atoms with Crippen LogP contribution in [0.25, 0.3) is 10.9 Å². The van der Waals surface area contributed by atoms with Gasteiger partial charge in [0.2, 0.25) is 0 Å². The third-order valence-electron chi connectivity index (χ3n) is 8.41. The number of nitrogens with two attached hydrogens (primary N) is 1. The van der Waals surface area contributed by atoms with E-state index in [1.54, 1.807) is 6.07 Å². The Balaban J connectivity index is 1.31. The summed E-state index contributed by atoms with van der Waals surface area (Å²) in [4.78, 5) is 22.3. The highest BCUT2D eigenvalue weighted by Gasteiger charge is 2.40. The van der Waals surface area contributed by atoms with E-state index < -0.39 is 5.82 Å². The largest absolute Gasteiger partial charge is 0.493 e. The maximum absolute atomic E-state index is 15.2. The molecule has 3 fully saturated rings. The van der Waals surface area contributed by atoms with Crippen LogP contribution in [0.5, 0.6) is 11.5 Å². The Labute approximate surface area is 200 Å². The van der Waals surface area contributed by atoms with Crippen molar-refractivity contribution in [2.24, 2.45) is 17.8 Å². The fraction of sp³-hybridized carbons (Fsp3) is 0.654. The first-order chi connectivity index (χ1) is 16.5. The van der Waals surface area contributed by atoms with Gasteiger partial charge in [-0.05, 0) is 63.0 Å². The predicted molar refractivity (Wildman–Crippen MR) is 129 cm³/mol. The van der Waals surface area contributed by atoms with E-state index >= 15 is 4.39 Å². The molecule has 5 rings (SSSR count). The SMILES string of the molecule is COc1cc2c(N)nc(C3CCCC(C(=O)C[C@H]4NCC5CCCC54)CC3)nc2c(F)c1OC. The van der Waals surface area contributed by atoms with Gasteiger partial charge in [-0.3, -0.25) is 4.79 Å². The number of fused-ring (bicyclic) bond motifs is 2. The molecule has 2 aromatic rings. The van der Waals surface area contributed by atoms with Gasteiger partial charge in [0.1, 0.15) is 22.9 Å². The molecule has 1 aromatic carbocycles. The normalized spacial score (nSPS) is 29.1. The zero-order valence-corrected chi connectivity index (χ0v) is 20.1. The van der Waals surface area contributed by atoms with E-state index in [0.717, 1.165) is 44.6 Å². The standard InChI is InChI=1S/C26H35FN4O3/c1-33-21-11-18-23(22(27)24(21)34-2)30-26(31-25(18)28)15-6-3-5-14(9-10-15)20(32)12-19-17-8-4-7-16(17)13-29-19/h11,14-17,19,29H,3-10,12-13H2,1-2H3,(H2,28,30,31)/t14?,15?,16?,17?,19-/m1/s1. The molecule has 1 aromatic heterocycles. The molecular weight excluding hydrogens is 435 g/mol. The van der Waals surface area contributed by atoms with Gasteiger partial charge in [0.25, 0.3) is 0 Å². The van der Waals surface area contributed by atoms with Gasteiger partial charge in [0.15, 0.2) is 17.3 Å². The van der Waals surface area contributed by atoms with E-state index in [4.69, 9.17) is 15.2 Å². The van der Waals surface area contributed by atoms with Crippen LogP contribution >= 0.6 is 0 Å². The number of carbonyl (C=O) groups is 1. The highest BCUT2D eigenvalue weighted by molar-refractivity contribution is 5.91. The number of Topliss-reactive ketones (excluding diaryl/α,β-unsaturated/α-hetero) is 1. The molecule has 1 aliphatic heterocycles. The Morgan fingerprint density at radius 2 is 1.94 bits per heavy atom. The van der Waals surface area contributed by atoms with Gasteiger partial charge in [-0.1, -0.05) is 12.8 Å². The Bertz CT molecular complexity index is 1080. The molecule has 7 nitrogen and oxygen atoms in total. The minimum Gasteiger partial charge on any atom is -0.493 e. The molecule has 0 bridgehead atoms. The van der Waals surface area contributed by atoms with Crippen molar-refractivity contribution in [2.75, 3.05) is 26.5 Å². The lowest BCUT2D eigenvalue weighted by Crippen LogP contribution is -2.31. The number of benzene rings is 1. The van der Waals surface area contributed by atoms with Gasteiger partial charge < -0.3 is 20.5 Å². The van der Waals surface area contributed by atoms with Gasteiger partial charge in [-0.15, -0.1) is 0 Å². The zero-order valence-electron chi connectivity index (χ0n) is 20.1. The molecule has 4 unspecified atom stereocenters. The highest BCUT2D eigenvalue weighted by Crippen LogP contribution is 2.41. The first kappa shape index (κ1) is 23.3. The number of nitrogens with zero attached hydrogens (tertiary/aromatic N) is 2. The van der Waals surface area contributed by atoms with Crippen molar-refractivity contribution in [2.45, 2.75) is 69.7 Å². The van der Waals surface area contributed by atoms with Gasteiger partial charge in [-0.2, -0.15) is 0 Å². The molecular formula is C26H35FN4O3. The summed E-state index contributed by atoms with van der Waals surface area (Å²) < 4.78 is 25.6. The predicted octanol–water partition coefficient (Wildman–Crippen LogP) is 4.38. The van der Waals surface area contributed by atoms with Gasteiger partial charge in [0, 0.05) is 29.7 Å². The van der Waals surface area contributed by atoms with E-state index in [9.17, 15) is 4.79 Å². The van der Waals surface area contributed by atoms with Gasteiger partial charge >= 0.3 is 0 Å². The second-order valence-electron chi connectivity index (χ2n) is 10.2. The number of anilines is 1. The maximum Gasteiger partial charge on any atom is 0.199 e.